The molecule has 0 radical (unpaired) electrons. The average molecular weight is 444 g/mol. The van der Waals surface area contributed by atoms with E-state index in [9.17, 15) is 21.6 Å². The van der Waals surface area contributed by atoms with Gasteiger partial charge in [0.25, 0.3) is 0 Å². The molecule has 0 atom stereocenters. The van der Waals surface area contributed by atoms with Crippen LogP contribution in [-0.2, 0) is 10.0 Å². The lowest BCUT2D eigenvalue weighted by atomic mass is 10.1. The molecule has 2 N–H and O–H groups in total. The maximum absolute atomic E-state index is 12.7. The zero-order valence-electron chi connectivity index (χ0n) is 17.8. The van der Waals surface area contributed by atoms with Crippen molar-refractivity contribution in [1.29, 1.82) is 0 Å². The monoisotopic (exact) mass is 443 g/mol. The van der Waals surface area contributed by atoms with Crippen molar-refractivity contribution in [3.63, 3.8) is 0 Å². The largest absolute Gasteiger partial charge is 0.511 e. The normalized spacial score (nSPS) is 17.7. The summed E-state index contributed by atoms with van der Waals surface area (Å²) < 4.78 is 61.5. The summed E-state index contributed by atoms with van der Waals surface area (Å²) in [6, 6.07) is -0.0986. The number of nitrogens with one attached hydrogen (secondary N) is 2. The molecular weight excluding hydrogens is 407 g/mol. The summed E-state index contributed by atoms with van der Waals surface area (Å²) in [6.07, 6.45) is 6.31. The van der Waals surface area contributed by atoms with E-state index in [-0.39, 0.29) is 19.1 Å². The first kappa shape index (κ1) is 26.0. The van der Waals surface area contributed by atoms with Gasteiger partial charge in [0.1, 0.15) is 0 Å². The number of alkyl halides is 3. The van der Waals surface area contributed by atoms with E-state index in [0.717, 1.165) is 19.4 Å². The Kier molecular flexibility index (Phi) is 11.3. The number of rotatable bonds is 11. The van der Waals surface area contributed by atoms with Gasteiger partial charge in [0.05, 0.1) is 0 Å². The summed E-state index contributed by atoms with van der Waals surface area (Å²) in [4.78, 5) is 6.72. The number of nitrogens with zero attached hydrogens (tertiary/aromatic N) is 3. The summed E-state index contributed by atoms with van der Waals surface area (Å²) in [6.45, 7) is 4.12. The van der Waals surface area contributed by atoms with Gasteiger partial charge in [-0.2, -0.15) is 17.5 Å². The third-order valence-electron chi connectivity index (χ3n) is 4.80. The number of sulfonamides is 1. The zero-order valence-corrected chi connectivity index (χ0v) is 18.6. The van der Waals surface area contributed by atoms with E-state index in [1.54, 1.807) is 0 Å². The van der Waals surface area contributed by atoms with Gasteiger partial charge in [-0.15, -0.1) is 0 Å². The molecule has 0 aliphatic carbocycles. The van der Waals surface area contributed by atoms with Gasteiger partial charge >= 0.3 is 15.5 Å². The van der Waals surface area contributed by atoms with Crippen LogP contribution in [0.3, 0.4) is 0 Å². The summed E-state index contributed by atoms with van der Waals surface area (Å²) in [5, 5.41) is 6.36. The van der Waals surface area contributed by atoms with E-state index < -0.39 is 15.5 Å². The van der Waals surface area contributed by atoms with Gasteiger partial charge in [-0.1, -0.05) is 19.3 Å². The Balaban J connectivity index is 2.36. The van der Waals surface area contributed by atoms with Crippen LogP contribution in [0.1, 0.15) is 51.9 Å². The van der Waals surface area contributed by atoms with Crippen LogP contribution in [-0.4, -0.2) is 82.0 Å². The molecule has 0 aromatic rings. The van der Waals surface area contributed by atoms with E-state index in [2.05, 4.69) is 34.6 Å². The van der Waals surface area contributed by atoms with Crippen LogP contribution in [0.4, 0.5) is 13.2 Å². The van der Waals surface area contributed by atoms with Crippen molar-refractivity contribution < 1.29 is 21.6 Å². The van der Waals surface area contributed by atoms with Crippen molar-refractivity contribution in [1.82, 2.24) is 19.8 Å². The highest BCUT2D eigenvalue weighted by atomic mass is 32.2. The number of halogens is 3. The van der Waals surface area contributed by atoms with Crippen molar-refractivity contribution in [2.24, 2.45) is 4.99 Å². The molecule has 1 saturated heterocycles. The lowest BCUT2D eigenvalue weighted by Crippen LogP contribution is -2.51. The summed E-state index contributed by atoms with van der Waals surface area (Å²) >= 11 is 0. The van der Waals surface area contributed by atoms with Gasteiger partial charge in [-0.25, -0.2) is 8.42 Å². The number of guanidine groups is 1. The van der Waals surface area contributed by atoms with Crippen LogP contribution in [0.2, 0.25) is 0 Å². The van der Waals surface area contributed by atoms with Crippen molar-refractivity contribution in [2.45, 2.75) is 63.4 Å². The summed E-state index contributed by atoms with van der Waals surface area (Å²) in [7, 11) is -1.09. The van der Waals surface area contributed by atoms with Crippen molar-refractivity contribution in [3.8, 4) is 0 Å². The van der Waals surface area contributed by atoms with Gasteiger partial charge in [-0.05, 0) is 53.2 Å². The molecule has 29 heavy (non-hydrogen) atoms. The molecule has 11 heteroatoms. The van der Waals surface area contributed by atoms with Crippen LogP contribution >= 0.6 is 0 Å². The average Bonchev–Trinajstić information content (AvgIpc) is 2.63. The van der Waals surface area contributed by atoms with Crippen LogP contribution in [0.5, 0.6) is 0 Å². The fraction of sp³-hybridized carbons (Fsp3) is 0.944. The molecule has 7 nitrogen and oxygen atoms in total. The minimum Gasteiger partial charge on any atom is -0.357 e. The Morgan fingerprint density at radius 2 is 1.69 bits per heavy atom. The molecule has 1 fully saturated rings. The molecule has 1 heterocycles. The maximum Gasteiger partial charge on any atom is 0.511 e. The molecule has 0 bridgehead atoms. The first-order chi connectivity index (χ1) is 13.6. The fourth-order valence-corrected chi connectivity index (χ4v) is 4.15. The van der Waals surface area contributed by atoms with Crippen molar-refractivity contribution in [3.05, 3.63) is 0 Å². The molecule has 0 unspecified atom stereocenters. The molecular formula is C18H36F3N5O2S. The van der Waals surface area contributed by atoms with Gasteiger partial charge < -0.3 is 15.5 Å². The number of unbranched alkanes of at least 4 members (excludes halogenated alkanes) is 4. The van der Waals surface area contributed by atoms with E-state index in [0.29, 0.717) is 36.2 Å². The van der Waals surface area contributed by atoms with Gasteiger partial charge in [0.2, 0.25) is 0 Å². The van der Waals surface area contributed by atoms with Crippen molar-refractivity contribution >= 4 is 16.0 Å². The minimum absolute atomic E-state index is 0.0986. The first-order valence-corrected chi connectivity index (χ1v) is 11.8. The van der Waals surface area contributed by atoms with E-state index >= 15 is 0 Å². The number of hydrogen-bond acceptors (Lipinski definition) is 4. The highest BCUT2D eigenvalue weighted by Gasteiger charge is 2.50. The first-order valence-electron chi connectivity index (χ1n) is 10.3. The van der Waals surface area contributed by atoms with E-state index in [1.807, 2.05) is 6.92 Å². The van der Waals surface area contributed by atoms with Crippen molar-refractivity contribution in [2.75, 3.05) is 46.8 Å². The van der Waals surface area contributed by atoms with E-state index in [4.69, 9.17) is 0 Å². The molecule has 1 aliphatic heterocycles. The van der Waals surface area contributed by atoms with Gasteiger partial charge in [0, 0.05) is 32.2 Å². The lowest BCUT2D eigenvalue weighted by molar-refractivity contribution is -0.0494. The predicted octanol–water partition coefficient (Wildman–Crippen LogP) is 2.37. The smallest absolute Gasteiger partial charge is 0.357 e. The molecule has 0 aromatic heterocycles. The Labute approximate surface area is 173 Å². The van der Waals surface area contributed by atoms with E-state index in [1.165, 1.54) is 19.3 Å². The SMILES string of the molecule is CCNC(=NCCCCCCCN(C)C)NC1CCN(S(=O)(=O)C(F)(F)F)CC1. The number of piperidine rings is 1. The molecule has 1 rings (SSSR count). The quantitative estimate of drug-likeness (QED) is 0.291. The third-order valence-corrected chi connectivity index (χ3v) is 6.43. The molecule has 1 aliphatic rings. The van der Waals surface area contributed by atoms with Crippen LogP contribution in [0.25, 0.3) is 0 Å². The molecule has 172 valence electrons. The molecule has 0 amide bonds. The summed E-state index contributed by atoms with van der Waals surface area (Å²) in [5.41, 5.74) is -5.24. The zero-order chi connectivity index (χ0) is 21.9. The molecule has 0 aromatic carbocycles. The molecule has 0 saturated carbocycles. The predicted molar refractivity (Wildman–Crippen MR) is 110 cm³/mol. The highest BCUT2D eigenvalue weighted by Crippen LogP contribution is 2.28. The second-order valence-corrected chi connectivity index (χ2v) is 9.53. The van der Waals surface area contributed by atoms with Gasteiger partial charge in [-0.3, -0.25) is 4.99 Å². The topological polar surface area (TPSA) is 77.0 Å². The van der Waals surface area contributed by atoms with Crippen LogP contribution in [0, 0.1) is 0 Å². The number of aliphatic imine (C=N–C) groups is 1. The lowest BCUT2D eigenvalue weighted by Gasteiger charge is -2.32. The highest BCUT2D eigenvalue weighted by molar-refractivity contribution is 7.90. The van der Waals surface area contributed by atoms with Crippen LogP contribution < -0.4 is 10.6 Å². The number of hydrogen-bond donors (Lipinski definition) is 2. The maximum atomic E-state index is 12.7. The Bertz CT molecular complexity index is 589. The van der Waals surface area contributed by atoms with Gasteiger partial charge in [0.15, 0.2) is 5.96 Å². The Morgan fingerprint density at radius 3 is 2.24 bits per heavy atom. The second-order valence-electron chi connectivity index (χ2n) is 7.60. The minimum atomic E-state index is -5.24. The molecule has 0 spiro atoms. The standard InChI is InChI=1S/C18H36F3N5O2S/c1-4-22-17(23-12-8-6-5-7-9-13-25(2)3)24-16-10-14-26(15-11-16)29(27,28)18(19,20)21/h16H,4-15H2,1-3H3,(H2,22,23,24). The Hall–Kier alpha value is -1.07. The summed E-state index contributed by atoms with van der Waals surface area (Å²) in [5.74, 6) is 0.636. The van der Waals surface area contributed by atoms with Crippen LogP contribution in [0.15, 0.2) is 4.99 Å². The third kappa shape index (κ3) is 9.52. The second kappa shape index (κ2) is 12.6. The fourth-order valence-electron chi connectivity index (χ4n) is 3.16. The Morgan fingerprint density at radius 1 is 1.10 bits per heavy atom.